The second kappa shape index (κ2) is 16.8. The average molecular weight is 773 g/mol. The third kappa shape index (κ3) is 9.14. The summed E-state index contributed by atoms with van der Waals surface area (Å²) in [5, 5.41) is 95.7. The lowest BCUT2D eigenvalue weighted by atomic mass is 9.84. The van der Waals surface area contributed by atoms with Gasteiger partial charge in [-0.1, -0.05) is 13.8 Å². The number of rotatable bonds is 14. The summed E-state index contributed by atoms with van der Waals surface area (Å²) in [6.07, 6.45) is -21.0. The number of carbonyl (C=O) groups is 2. The highest BCUT2D eigenvalue weighted by Crippen LogP contribution is 2.52. The highest BCUT2D eigenvalue weighted by molar-refractivity contribution is 7.47. The summed E-state index contributed by atoms with van der Waals surface area (Å²) in [5.41, 5.74) is 4.49. The van der Waals surface area contributed by atoms with Gasteiger partial charge in [-0.15, -0.1) is 0 Å². The van der Waals surface area contributed by atoms with E-state index < -0.39 is 143 Å². The Morgan fingerprint density at radius 1 is 1.08 bits per heavy atom. The van der Waals surface area contributed by atoms with Gasteiger partial charge in [-0.05, 0) is 12.5 Å². The number of carboxylic acid groups (broad SMARTS) is 1. The molecule has 1 aromatic rings. The third-order valence-corrected chi connectivity index (χ3v) is 10.2. The summed E-state index contributed by atoms with van der Waals surface area (Å²) in [6, 6.07) is 1.20. The molecule has 4 rings (SSSR count). The number of phosphoric ester groups is 1. The first-order chi connectivity index (χ1) is 24.2. The number of anilines is 1. The van der Waals surface area contributed by atoms with Crippen LogP contribution in [0.4, 0.5) is 5.82 Å². The molecule has 11 unspecified atom stereocenters. The summed E-state index contributed by atoms with van der Waals surface area (Å²) in [7, 11) is -5.53. The van der Waals surface area contributed by atoms with Crippen molar-refractivity contribution >= 4 is 25.5 Å². The SMILES string of the molecule is CCC1O[C@H](CC(=O)NC[C@@H](O)[C@@H](O)C2OC(OP(=O)(O)OCC3OC(n4ccc(N)nc4=O)C(O)C3O)(C(=O)O)CC(O)C2C)C(O)[C@@H](O)[C@@H]1O. The van der Waals surface area contributed by atoms with E-state index in [0.717, 1.165) is 10.8 Å². The molecule has 23 nitrogen and oxygen atoms in total. The first kappa shape index (κ1) is 42.0. The summed E-state index contributed by atoms with van der Waals surface area (Å²) in [5.74, 6) is -7.31. The van der Waals surface area contributed by atoms with Crippen molar-refractivity contribution in [3.05, 3.63) is 22.7 Å². The Labute approximate surface area is 294 Å². The van der Waals surface area contributed by atoms with Crippen molar-refractivity contribution in [2.24, 2.45) is 5.92 Å². The number of ether oxygens (including phenoxy) is 3. The van der Waals surface area contributed by atoms with E-state index in [-0.39, 0.29) is 12.2 Å². The Morgan fingerprint density at radius 2 is 1.71 bits per heavy atom. The largest absolute Gasteiger partial charge is 0.477 e. The molecular formula is C28H45N4O19P. The van der Waals surface area contributed by atoms with Crippen LogP contribution in [0.5, 0.6) is 0 Å². The van der Waals surface area contributed by atoms with Crippen molar-refractivity contribution in [1.82, 2.24) is 14.9 Å². The molecule has 0 radical (unpaired) electrons. The molecule has 1 aromatic heterocycles. The number of nitrogens with one attached hydrogen (secondary N) is 1. The number of carboxylic acids is 1. The zero-order valence-corrected chi connectivity index (χ0v) is 28.7. The molecular weight excluding hydrogens is 727 g/mol. The molecule has 16 atom stereocenters. The van der Waals surface area contributed by atoms with Crippen molar-refractivity contribution in [3.8, 4) is 0 Å². The lowest BCUT2D eigenvalue weighted by Gasteiger charge is -2.45. The first-order valence-corrected chi connectivity index (χ1v) is 17.7. The van der Waals surface area contributed by atoms with Crippen LogP contribution in [-0.2, 0) is 37.4 Å². The second-order valence-corrected chi connectivity index (χ2v) is 14.3. The van der Waals surface area contributed by atoms with E-state index in [1.807, 2.05) is 0 Å². The molecule has 3 aliphatic rings. The molecule has 4 heterocycles. The van der Waals surface area contributed by atoms with Gasteiger partial charge in [0.1, 0.15) is 48.5 Å². The van der Waals surface area contributed by atoms with Crippen LogP contribution in [-0.4, -0.2) is 164 Å². The molecule has 13 N–H and O–H groups in total. The Hall–Kier alpha value is -2.71. The van der Waals surface area contributed by atoms with E-state index in [0.29, 0.717) is 0 Å². The van der Waals surface area contributed by atoms with E-state index in [9.17, 15) is 69.8 Å². The molecule has 3 aliphatic heterocycles. The number of hydrogen-bond acceptors (Lipinski definition) is 19. The number of nitrogen functional groups attached to an aromatic ring is 1. The van der Waals surface area contributed by atoms with Crippen LogP contribution in [0.2, 0.25) is 0 Å². The Morgan fingerprint density at radius 3 is 2.33 bits per heavy atom. The van der Waals surface area contributed by atoms with Crippen LogP contribution in [0.3, 0.4) is 0 Å². The maximum Gasteiger partial charge on any atom is 0.475 e. The summed E-state index contributed by atoms with van der Waals surface area (Å²) >= 11 is 0. The van der Waals surface area contributed by atoms with E-state index in [1.165, 1.54) is 13.0 Å². The van der Waals surface area contributed by atoms with Gasteiger partial charge in [-0.2, -0.15) is 4.98 Å². The number of carbonyl (C=O) groups excluding carboxylic acids is 1. The minimum absolute atomic E-state index is 0.141. The van der Waals surface area contributed by atoms with Gasteiger partial charge in [-0.3, -0.25) is 13.9 Å². The number of phosphoric acid groups is 1. The van der Waals surface area contributed by atoms with Gasteiger partial charge in [-0.25, -0.2) is 18.7 Å². The van der Waals surface area contributed by atoms with Crippen molar-refractivity contribution in [1.29, 1.82) is 0 Å². The Kier molecular flexibility index (Phi) is 13.5. The lowest BCUT2D eigenvalue weighted by molar-refractivity contribution is -0.295. The summed E-state index contributed by atoms with van der Waals surface area (Å²) in [4.78, 5) is 51.1. The fourth-order valence-electron chi connectivity index (χ4n) is 6.12. The van der Waals surface area contributed by atoms with Crippen molar-refractivity contribution in [2.45, 2.75) is 118 Å². The quantitative estimate of drug-likeness (QED) is 0.0785. The molecule has 0 aromatic carbocycles. The maximum absolute atomic E-state index is 13.0. The van der Waals surface area contributed by atoms with Gasteiger partial charge < -0.3 is 76.1 Å². The Balaban J connectivity index is 1.38. The van der Waals surface area contributed by atoms with Gasteiger partial charge in [0.05, 0.1) is 43.5 Å². The van der Waals surface area contributed by atoms with Crippen LogP contribution >= 0.6 is 7.82 Å². The van der Waals surface area contributed by atoms with E-state index in [1.54, 1.807) is 6.92 Å². The molecule has 296 valence electrons. The normalized spacial score (nSPS) is 39.0. The lowest BCUT2D eigenvalue weighted by Crippen LogP contribution is -2.61. The third-order valence-electron chi connectivity index (χ3n) is 9.22. The maximum atomic E-state index is 13.0. The molecule has 52 heavy (non-hydrogen) atoms. The van der Waals surface area contributed by atoms with Crippen LogP contribution in [0.15, 0.2) is 17.1 Å². The van der Waals surface area contributed by atoms with Gasteiger partial charge in [0.2, 0.25) is 5.91 Å². The minimum Gasteiger partial charge on any atom is -0.477 e. The number of aliphatic carboxylic acids is 1. The molecule has 0 aliphatic carbocycles. The number of amides is 1. The van der Waals surface area contributed by atoms with Crippen molar-refractivity contribution < 1.29 is 88.3 Å². The smallest absolute Gasteiger partial charge is 0.475 e. The van der Waals surface area contributed by atoms with E-state index in [4.69, 9.17) is 29.0 Å². The molecule has 3 saturated heterocycles. The van der Waals surface area contributed by atoms with Crippen LogP contribution < -0.4 is 16.7 Å². The van der Waals surface area contributed by atoms with Crippen LogP contribution in [0.25, 0.3) is 0 Å². The van der Waals surface area contributed by atoms with Gasteiger partial charge in [0.25, 0.3) is 5.79 Å². The molecule has 24 heteroatoms. The zero-order chi connectivity index (χ0) is 38.9. The van der Waals surface area contributed by atoms with E-state index >= 15 is 0 Å². The molecule has 0 spiro atoms. The number of aromatic nitrogens is 2. The summed E-state index contributed by atoms with van der Waals surface area (Å²) < 4.78 is 39.9. The first-order valence-electron chi connectivity index (χ1n) is 16.2. The number of hydrogen-bond donors (Lipinski definition) is 12. The minimum atomic E-state index is -5.53. The number of nitrogens with zero attached hydrogens (tertiary/aromatic N) is 2. The topological polar surface area (TPSA) is 373 Å². The summed E-state index contributed by atoms with van der Waals surface area (Å²) in [6.45, 7) is 1.25. The zero-order valence-electron chi connectivity index (χ0n) is 27.8. The number of aliphatic hydroxyl groups excluding tert-OH is 8. The molecule has 0 saturated carbocycles. The average Bonchev–Trinajstić information content (AvgIpc) is 3.36. The van der Waals surface area contributed by atoms with Gasteiger partial charge in [0.15, 0.2) is 6.23 Å². The number of nitrogens with two attached hydrogens (primary N) is 1. The second-order valence-electron chi connectivity index (χ2n) is 12.9. The van der Waals surface area contributed by atoms with Crippen molar-refractivity contribution in [2.75, 3.05) is 18.9 Å². The predicted molar refractivity (Wildman–Crippen MR) is 167 cm³/mol. The molecule has 1 amide bonds. The standard InChI is InChI=1S/C28H45N4O19P/c1-3-13-19(37)22(40)20(38)14(48-13)6-17(35)30-8-12(34)18(36)24-10(2)11(33)7-28(50-24,26(42)43)51-52(45,46)47-9-15-21(39)23(41)25(49-15)32-5-4-16(29)31-27(32)44/h4-5,10-15,18-25,33-34,36-41H,3,6-9H2,1-2H3,(H,30,35)(H,42,43)(H,45,46)(H2,29,31,44)/t10?,11?,12-,13?,14-,15?,18-,19-,20?,21?,22+,23?,24?,25?,28?/m1/s1. The van der Waals surface area contributed by atoms with Crippen LogP contribution in [0.1, 0.15) is 39.3 Å². The highest BCUT2D eigenvalue weighted by atomic mass is 31.2. The Bertz CT molecular complexity index is 1520. The van der Waals surface area contributed by atoms with Crippen molar-refractivity contribution in [3.63, 3.8) is 0 Å². The van der Waals surface area contributed by atoms with Gasteiger partial charge in [0, 0.05) is 25.1 Å². The molecule has 0 bridgehead atoms. The van der Waals surface area contributed by atoms with Crippen LogP contribution in [0, 0.1) is 5.92 Å². The fourth-order valence-corrected chi connectivity index (χ4v) is 7.07. The number of aliphatic hydroxyl groups is 8. The monoisotopic (exact) mass is 772 g/mol. The predicted octanol–water partition coefficient (Wildman–Crippen LogP) is -5.37. The van der Waals surface area contributed by atoms with Gasteiger partial charge >= 0.3 is 19.5 Å². The fraction of sp³-hybridized carbons (Fsp3) is 0.786. The highest BCUT2D eigenvalue weighted by Gasteiger charge is 2.58. The van der Waals surface area contributed by atoms with E-state index in [2.05, 4.69) is 10.3 Å². The molecule has 3 fully saturated rings.